The molecule has 36 heavy (non-hydrogen) atoms. The zero-order chi connectivity index (χ0) is 26.1. The summed E-state index contributed by atoms with van der Waals surface area (Å²) < 4.78 is 15.7. The third kappa shape index (κ3) is 6.92. The number of benzene rings is 3. The minimum absolute atomic E-state index is 0.251. The fourth-order valence-corrected chi connectivity index (χ4v) is 2.88. The van der Waals surface area contributed by atoms with Crippen LogP contribution in [0.1, 0.15) is 18.1 Å². The van der Waals surface area contributed by atoms with Crippen molar-refractivity contribution in [2.75, 3.05) is 0 Å². The van der Waals surface area contributed by atoms with Crippen LogP contribution in [0.3, 0.4) is 0 Å². The van der Waals surface area contributed by atoms with E-state index in [1.165, 1.54) is 0 Å². The Bertz CT molecular complexity index is 1400. The molecule has 0 saturated heterocycles. The second-order valence-corrected chi connectivity index (χ2v) is 7.43. The molecule has 0 bridgehead atoms. The lowest BCUT2D eigenvalue weighted by Gasteiger charge is -2.12. The molecule has 6 nitrogen and oxygen atoms in total. The molecular weight excluding hydrogens is 456 g/mol. The number of hydrogen-bond donors (Lipinski definition) is 0. The summed E-state index contributed by atoms with van der Waals surface area (Å²) >= 11 is 0. The molecule has 3 rings (SSSR count). The first-order chi connectivity index (χ1) is 17.3. The molecule has 0 saturated carbocycles. The van der Waals surface area contributed by atoms with Crippen LogP contribution in [0, 0.1) is 11.8 Å². The van der Waals surface area contributed by atoms with Gasteiger partial charge in [0.2, 0.25) is 0 Å². The van der Waals surface area contributed by atoms with Crippen LogP contribution in [0.2, 0.25) is 0 Å². The monoisotopic (exact) mass is 478 g/mol. The normalized spacial score (nSPS) is 9.69. The average molecular weight is 479 g/mol. The number of esters is 3. The summed E-state index contributed by atoms with van der Waals surface area (Å²) in [5, 5.41) is 0. The predicted molar refractivity (Wildman–Crippen MR) is 136 cm³/mol. The second-order valence-electron chi connectivity index (χ2n) is 7.43. The first-order valence-corrected chi connectivity index (χ1v) is 10.7. The molecule has 0 fully saturated rings. The van der Waals surface area contributed by atoms with Crippen molar-refractivity contribution in [3.8, 4) is 40.2 Å². The highest BCUT2D eigenvalue weighted by Gasteiger charge is 2.13. The smallest absolute Gasteiger partial charge is 0.338 e. The van der Waals surface area contributed by atoms with E-state index in [0.29, 0.717) is 33.9 Å². The minimum Gasteiger partial charge on any atom is -0.423 e. The molecule has 0 N–H and O–H groups in total. The van der Waals surface area contributed by atoms with Gasteiger partial charge >= 0.3 is 17.9 Å². The summed E-state index contributed by atoms with van der Waals surface area (Å²) in [5.74, 6) is 5.43. The lowest BCUT2D eigenvalue weighted by molar-refractivity contribution is -0.130. The van der Waals surface area contributed by atoms with Gasteiger partial charge in [-0.2, -0.15) is 0 Å². The van der Waals surface area contributed by atoms with E-state index in [0.717, 1.165) is 17.7 Å². The molecule has 0 heterocycles. The first-order valence-electron chi connectivity index (χ1n) is 10.7. The van der Waals surface area contributed by atoms with Gasteiger partial charge in [-0.05, 0) is 67.1 Å². The fraction of sp³-hybridized carbons (Fsp3) is 0.0333. The third-order valence-corrected chi connectivity index (χ3v) is 4.67. The van der Waals surface area contributed by atoms with Gasteiger partial charge in [0.05, 0.1) is 0 Å². The fourth-order valence-electron chi connectivity index (χ4n) is 2.88. The van der Waals surface area contributed by atoms with Crippen LogP contribution in [-0.4, -0.2) is 17.9 Å². The van der Waals surface area contributed by atoms with Gasteiger partial charge in [-0.3, -0.25) is 0 Å². The van der Waals surface area contributed by atoms with E-state index < -0.39 is 17.9 Å². The van der Waals surface area contributed by atoms with Gasteiger partial charge in [0.15, 0.2) is 0 Å². The van der Waals surface area contributed by atoms with Crippen LogP contribution in [-0.2, 0) is 14.4 Å². The van der Waals surface area contributed by atoms with Crippen molar-refractivity contribution in [3.05, 3.63) is 115 Å². The molecule has 0 radical (unpaired) electrons. The number of ether oxygens (including phenoxy) is 3. The molecule has 3 aromatic rings. The van der Waals surface area contributed by atoms with Crippen LogP contribution in [0.4, 0.5) is 0 Å². The summed E-state index contributed by atoms with van der Waals surface area (Å²) in [6.45, 7) is 11.9. The van der Waals surface area contributed by atoms with E-state index in [-0.39, 0.29) is 5.57 Å². The Hall–Kier alpha value is -5.15. The topological polar surface area (TPSA) is 78.9 Å². The van der Waals surface area contributed by atoms with Gasteiger partial charge in [-0.15, -0.1) is 0 Å². The number of hydrogen-bond acceptors (Lipinski definition) is 6. The van der Waals surface area contributed by atoms with Gasteiger partial charge < -0.3 is 14.2 Å². The van der Waals surface area contributed by atoms with Crippen molar-refractivity contribution in [1.29, 1.82) is 0 Å². The van der Waals surface area contributed by atoms with Gasteiger partial charge in [0.1, 0.15) is 17.2 Å². The van der Waals surface area contributed by atoms with Gasteiger partial charge in [0, 0.05) is 34.4 Å². The Morgan fingerprint density at radius 1 is 0.722 bits per heavy atom. The highest BCUT2D eigenvalue weighted by atomic mass is 16.5. The van der Waals surface area contributed by atoms with Crippen molar-refractivity contribution < 1.29 is 28.6 Å². The maximum atomic E-state index is 12.3. The van der Waals surface area contributed by atoms with Crippen molar-refractivity contribution in [2.24, 2.45) is 0 Å². The summed E-state index contributed by atoms with van der Waals surface area (Å²) in [5.41, 5.74) is 2.94. The van der Waals surface area contributed by atoms with Crippen molar-refractivity contribution in [2.45, 2.75) is 6.92 Å². The summed E-state index contributed by atoms with van der Waals surface area (Å²) in [6.07, 6.45) is 2.16. The lowest BCUT2D eigenvalue weighted by Crippen LogP contribution is -2.09. The van der Waals surface area contributed by atoms with Gasteiger partial charge in [-0.1, -0.05) is 43.7 Å². The largest absolute Gasteiger partial charge is 0.423 e. The quantitative estimate of drug-likeness (QED) is 0.195. The van der Waals surface area contributed by atoms with Crippen molar-refractivity contribution in [3.63, 3.8) is 0 Å². The molecule has 0 unspecified atom stereocenters. The number of carbonyl (C=O) groups excluding carboxylic acids is 3. The molecule has 6 heteroatoms. The lowest BCUT2D eigenvalue weighted by atomic mass is 10.0. The van der Waals surface area contributed by atoms with Crippen LogP contribution in [0.15, 0.2) is 104 Å². The Balaban J connectivity index is 1.89. The van der Waals surface area contributed by atoms with Gasteiger partial charge in [-0.25, -0.2) is 14.4 Å². The van der Waals surface area contributed by atoms with Gasteiger partial charge in [0.25, 0.3) is 0 Å². The Kier molecular flexibility index (Phi) is 8.36. The van der Waals surface area contributed by atoms with Crippen LogP contribution < -0.4 is 14.2 Å². The SMILES string of the molecule is C=CC(=O)Oc1ccc(C#Cc2ccc(-c3ccc(OC(=O)C=C)cc3)c(OC(=O)C(=C)C)c2)cc1. The van der Waals surface area contributed by atoms with E-state index in [1.54, 1.807) is 73.7 Å². The predicted octanol–water partition coefficient (Wildman–Crippen LogP) is 5.42. The zero-order valence-electron chi connectivity index (χ0n) is 19.6. The highest BCUT2D eigenvalue weighted by molar-refractivity contribution is 5.90. The molecule has 0 aliphatic carbocycles. The summed E-state index contributed by atoms with van der Waals surface area (Å²) in [4.78, 5) is 35.0. The summed E-state index contributed by atoms with van der Waals surface area (Å²) in [6, 6.07) is 18.7. The Morgan fingerprint density at radius 3 is 1.75 bits per heavy atom. The summed E-state index contributed by atoms with van der Waals surface area (Å²) in [7, 11) is 0. The molecule has 0 aromatic heterocycles. The molecule has 0 aliphatic heterocycles. The first kappa shape index (κ1) is 25.5. The van der Waals surface area contributed by atoms with Crippen LogP contribution in [0.5, 0.6) is 17.2 Å². The van der Waals surface area contributed by atoms with E-state index in [2.05, 4.69) is 31.6 Å². The molecule has 178 valence electrons. The molecule has 0 amide bonds. The van der Waals surface area contributed by atoms with E-state index in [4.69, 9.17) is 14.2 Å². The average Bonchev–Trinajstić information content (AvgIpc) is 2.88. The Labute approximate surface area is 209 Å². The zero-order valence-corrected chi connectivity index (χ0v) is 19.6. The third-order valence-electron chi connectivity index (χ3n) is 4.67. The van der Waals surface area contributed by atoms with Crippen LogP contribution in [0.25, 0.3) is 11.1 Å². The Morgan fingerprint density at radius 2 is 1.22 bits per heavy atom. The second kappa shape index (κ2) is 11.8. The maximum Gasteiger partial charge on any atom is 0.338 e. The van der Waals surface area contributed by atoms with E-state index in [1.807, 2.05) is 0 Å². The van der Waals surface area contributed by atoms with Crippen LogP contribution >= 0.6 is 0 Å². The molecule has 3 aromatic carbocycles. The standard InChI is InChI=1S/C30H22O6/c1-5-28(31)34-24-14-9-21(10-15-24)7-8-22-11-18-26(27(19-22)36-30(33)20(3)4)23-12-16-25(17-13-23)35-29(32)6-2/h5-6,9-19H,1-3H2,4H3. The maximum absolute atomic E-state index is 12.3. The minimum atomic E-state index is -0.567. The number of carbonyl (C=O) groups is 3. The molecule has 0 atom stereocenters. The highest BCUT2D eigenvalue weighted by Crippen LogP contribution is 2.32. The molecule has 0 spiro atoms. The van der Waals surface area contributed by atoms with Crippen molar-refractivity contribution >= 4 is 17.9 Å². The van der Waals surface area contributed by atoms with E-state index >= 15 is 0 Å². The molecular formula is C30H22O6. The van der Waals surface area contributed by atoms with Crippen molar-refractivity contribution in [1.82, 2.24) is 0 Å². The number of rotatable bonds is 7. The molecule has 0 aliphatic rings. The van der Waals surface area contributed by atoms with E-state index in [9.17, 15) is 14.4 Å².